The van der Waals surface area contributed by atoms with Crippen molar-refractivity contribution >= 4 is 23.5 Å². The van der Waals surface area contributed by atoms with E-state index in [1.165, 1.54) is 12.1 Å². The van der Waals surface area contributed by atoms with Gasteiger partial charge in [0.2, 0.25) is 5.91 Å². The van der Waals surface area contributed by atoms with Gasteiger partial charge in [0, 0.05) is 35.4 Å². The predicted molar refractivity (Wildman–Crippen MR) is 136 cm³/mol. The Labute approximate surface area is 207 Å². The lowest BCUT2D eigenvalue weighted by atomic mass is 9.91. The summed E-state index contributed by atoms with van der Waals surface area (Å²) < 4.78 is 22.0. The lowest BCUT2D eigenvalue weighted by Crippen LogP contribution is -2.37. The molecule has 1 N–H and O–H groups in total. The monoisotopic (exact) mass is 488 g/mol. The van der Waals surface area contributed by atoms with Crippen LogP contribution >= 0.6 is 11.8 Å². The molecule has 6 nitrogen and oxygen atoms in total. The highest BCUT2D eigenvalue weighted by Crippen LogP contribution is 2.41. The van der Waals surface area contributed by atoms with E-state index in [-0.39, 0.29) is 23.5 Å². The van der Waals surface area contributed by atoms with Gasteiger partial charge in [-0.15, -0.1) is 0 Å². The second kappa shape index (κ2) is 9.54. The van der Waals surface area contributed by atoms with E-state index in [0.717, 1.165) is 28.5 Å². The Kier molecular flexibility index (Phi) is 6.30. The number of anilines is 1. The number of aryl methyl sites for hydroxylation is 1. The minimum atomic E-state index is -0.533. The van der Waals surface area contributed by atoms with Crippen molar-refractivity contribution in [3.05, 3.63) is 95.7 Å². The van der Waals surface area contributed by atoms with Gasteiger partial charge < -0.3 is 10.1 Å². The molecule has 1 aliphatic heterocycles. The first-order valence-corrected chi connectivity index (χ1v) is 12.5. The number of amides is 1. The van der Waals surface area contributed by atoms with Crippen molar-refractivity contribution in [2.24, 2.45) is 0 Å². The molecule has 5 rings (SSSR count). The Morgan fingerprint density at radius 2 is 1.86 bits per heavy atom. The summed E-state index contributed by atoms with van der Waals surface area (Å²) >= 11 is 1.88. The largest absolute Gasteiger partial charge is 0.454 e. The maximum atomic E-state index is 14.6. The number of halogens is 1. The predicted octanol–water partition coefficient (Wildman–Crippen LogP) is 5.69. The van der Waals surface area contributed by atoms with Crippen molar-refractivity contribution in [3.63, 3.8) is 0 Å². The van der Waals surface area contributed by atoms with Gasteiger partial charge in [0.05, 0.1) is 17.8 Å². The molecular formula is C27H25FN4O2S. The Morgan fingerprint density at radius 3 is 2.51 bits per heavy atom. The van der Waals surface area contributed by atoms with Crippen LogP contribution in [-0.2, 0) is 16.6 Å². The van der Waals surface area contributed by atoms with Gasteiger partial charge in [-0.05, 0) is 48.9 Å². The number of carbonyl (C=O) groups is 1. The molecule has 0 unspecified atom stereocenters. The van der Waals surface area contributed by atoms with Crippen molar-refractivity contribution in [1.82, 2.24) is 14.8 Å². The second-order valence-electron chi connectivity index (χ2n) is 8.99. The molecule has 2 aromatic heterocycles. The zero-order valence-corrected chi connectivity index (χ0v) is 20.3. The zero-order valence-electron chi connectivity index (χ0n) is 19.5. The fourth-order valence-electron chi connectivity index (χ4n) is 3.85. The van der Waals surface area contributed by atoms with Gasteiger partial charge in [0.15, 0.2) is 11.6 Å². The molecule has 35 heavy (non-hydrogen) atoms. The molecular weight excluding hydrogens is 463 g/mol. The maximum absolute atomic E-state index is 14.6. The molecule has 4 aromatic rings. The average Bonchev–Trinajstić information content (AvgIpc) is 3.24. The molecule has 0 spiro atoms. The third-order valence-corrected chi connectivity index (χ3v) is 7.64. The molecule has 0 aliphatic carbocycles. The number of aromatic nitrogens is 3. The number of nitrogens with zero attached hydrogens (tertiary/aromatic N) is 3. The van der Waals surface area contributed by atoms with Crippen molar-refractivity contribution in [3.8, 4) is 17.2 Å². The van der Waals surface area contributed by atoms with Crippen molar-refractivity contribution in [2.45, 2.75) is 25.7 Å². The molecule has 1 fully saturated rings. The van der Waals surface area contributed by atoms with Crippen LogP contribution in [0.15, 0.2) is 73.1 Å². The minimum Gasteiger partial charge on any atom is -0.454 e. The van der Waals surface area contributed by atoms with Crippen LogP contribution in [0.3, 0.4) is 0 Å². The Bertz CT molecular complexity index is 1350. The molecule has 0 radical (unpaired) electrons. The number of ether oxygens (including phenoxy) is 1. The first-order chi connectivity index (χ1) is 16.9. The van der Waals surface area contributed by atoms with Crippen LogP contribution < -0.4 is 10.1 Å². The molecule has 178 valence electrons. The first kappa shape index (κ1) is 23.1. The molecule has 8 heteroatoms. The second-order valence-corrected chi connectivity index (χ2v) is 9.98. The highest BCUT2D eigenvalue weighted by atomic mass is 32.2. The van der Waals surface area contributed by atoms with Gasteiger partial charge >= 0.3 is 0 Å². The normalized spacial score (nSPS) is 14.3. The third-order valence-electron chi connectivity index (χ3n) is 5.95. The number of thioether (sulfide) groups is 1. The van der Waals surface area contributed by atoms with Crippen LogP contribution in [0.5, 0.6) is 11.5 Å². The van der Waals surface area contributed by atoms with E-state index in [2.05, 4.69) is 17.2 Å². The van der Waals surface area contributed by atoms with Gasteiger partial charge in [-0.2, -0.15) is 16.9 Å². The van der Waals surface area contributed by atoms with Gasteiger partial charge in [-0.3, -0.25) is 9.78 Å². The highest BCUT2D eigenvalue weighted by molar-refractivity contribution is 8.00. The number of pyridine rings is 1. The van der Waals surface area contributed by atoms with Crippen LogP contribution in [-0.4, -0.2) is 32.2 Å². The Hall–Kier alpha value is -3.65. The summed E-state index contributed by atoms with van der Waals surface area (Å²) in [5, 5.41) is 7.82. The standard InChI is InChI=1S/C27H25FN4O2S/c1-18-3-6-20(7-4-18)32-25(15-24(31-32)27(2)16-35-17-27)30-26(33)14-19-5-8-23(22(28)13-19)34-21-9-11-29-12-10-21/h3-13,15H,14,16-17H2,1-2H3,(H,30,33). The van der Waals surface area contributed by atoms with E-state index in [9.17, 15) is 9.18 Å². The number of hydrogen-bond acceptors (Lipinski definition) is 5. The summed E-state index contributed by atoms with van der Waals surface area (Å²) in [6, 6.07) is 17.8. The zero-order chi connectivity index (χ0) is 24.4. The Morgan fingerprint density at radius 1 is 1.11 bits per heavy atom. The van der Waals surface area contributed by atoms with E-state index in [4.69, 9.17) is 9.84 Å². The summed E-state index contributed by atoms with van der Waals surface area (Å²) in [5.41, 5.74) is 3.51. The van der Waals surface area contributed by atoms with Gasteiger partial charge in [0.1, 0.15) is 11.6 Å². The maximum Gasteiger partial charge on any atom is 0.229 e. The van der Waals surface area contributed by atoms with Crippen LogP contribution in [0.4, 0.5) is 10.2 Å². The van der Waals surface area contributed by atoms with Crippen molar-refractivity contribution in [1.29, 1.82) is 0 Å². The lowest BCUT2D eigenvalue weighted by Gasteiger charge is -2.35. The number of nitrogens with one attached hydrogen (secondary N) is 1. The number of rotatable bonds is 7. The molecule has 0 bridgehead atoms. The molecule has 2 aromatic carbocycles. The van der Waals surface area contributed by atoms with E-state index in [0.29, 0.717) is 17.1 Å². The number of hydrogen-bond donors (Lipinski definition) is 1. The smallest absolute Gasteiger partial charge is 0.229 e. The fourth-order valence-corrected chi connectivity index (χ4v) is 4.96. The van der Waals surface area contributed by atoms with Crippen LogP contribution in [0.25, 0.3) is 5.69 Å². The summed E-state index contributed by atoms with van der Waals surface area (Å²) in [6.45, 7) is 4.22. The van der Waals surface area contributed by atoms with Crippen LogP contribution in [0.1, 0.15) is 23.7 Å². The summed E-state index contributed by atoms with van der Waals surface area (Å²) in [6.07, 6.45) is 3.17. The molecule has 1 aliphatic rings. The van der Waals surface area contributed by atoms with E-state index < -0.39 is 5.82 Å². The first-order valence-electron chi connectivity index (χ1n) is 11.3. The lowest BCUT2D eigenvalue weighted by molar-refractivity contribution is -0.115. The molecule has 1 saturated heterocycles. The summed E-state index contributed by atoms with van der Waals surface area (Å²) in [4.78, 5) is 16.8. The van der Waals surface area contributed by atoms with Crippen LogP contribution in [0.2, 0.25) is 0 Å². The topological polar surface area (TPSA) is 69.0 Å². The van der Waals surface area contributed by atoms with Gasteiger partial charge in [-0.1, -0.05) is 30.7 Å². The molecule has 3 heterocycles. The van der Waals surface area contributed by atoms with Crippen molar-refractivity contribution < 1.29 is 13.9 Å². The minimum absolute atomic E-state index is 0.00608. The SMILES string of the molecule is Cc1ccc(-n2nc(C3(C)CSC3)cc2NC(=O)Cc2ccc(Oc3ccncc3)c(F)c2)cc1. The average molecular weight is 489 g/mol. The molecule has 1 amide bonds. The van der Waals surface area contributed by atoms with Crippen LogP contribution in [0, 0.1) is 12.7 Å². The molecule has 0 atom stereocenters. The summed E-state index contributed by atoms with van der Waals surface area (Å²) in [7, 11) is 0. The van der Waals surface area contributed by atoms with E-state index in [1.807, 2.05) is 49.0 Å². The van der Waals surface area contributed by atoms with Gasteiger partial charge in [-0.25, -0.2) is 9.07 Å². The third kappa shape index (κ3) is 5.07. The Balaban J connectivity index is 1.34. The quantitative estimate of drug-likeness (QED) is 0.362. The fraction of sp³-hybridized carbons (Fsp3) is 0.222. The van der Waals surface area contributed by atoms with E-state index >= 15 is 0 Å². The van der Waals surface area contributed by atoms with Gasteiger partial charge in [0.25, 0.3) is 0 Å². The molecule has 0 saturated carbocycles. The number of benzene rings is 2. The van der Waals surface area contributed by atoms with Crippen molar-refractivity contribution in [2.75, 3.05) is 16.8 Å². The highest BCUT2D eigenvalue weighted by Gasteiger charge is 2.37. The number of carbonyl (C=O) groups excluding carboxylic acids is 1. The summed E-state index contributed by atoms with van der Waals surface area (Å²) in [5.74, 6) is 2.40. The van der Waals surface area contributed by atoms with E-state index in [1.54, 1.807) is 35.3 Å².